The third-order valence-corrected chi connectivity index (χ3v) is 7.05. The summed E-state index contributed by atoms with van der Waals surface area (Å²) < 4.78 is 2.02. The minimum Gasteiger partial charge on any atom is -0.350 e. The van der Waals surface area contributed by atoms with E-state index in [2.05, 4.69) is 11.8 Å². The number of carbonyl (C=O) groups excluding carboxylic acids is 2. The third kappa shape index (κ3) is 3.78. The quantitative estimate of drug-likeness (QED) is 0.559. The van der Waals surface area contributed by atoms with Crippen LogP contribution in [0.3, 0.4) is 0 Å². The molecule has 2 amide bonds. The summed E-state index contributed by atoms with van der Waals surface area (Å²) in [5.41, 5.74) is 2.83. The first kappa shape index (κ1) is 20.4. The molecule has 0 radical (unpaired) electrons. The van der Waals surface area contributed by atoms with Gasteiger partial charge in [0.1, 0.15) is 0 Å². The Kier molecular flexibility index (Phi) is 5.22. The van der Waals surface area contributed by atoms with Gasteiger partial charge in [-0.2, -0.15) is 0 Å². The van der Waals surface area contributed by atoms with Crippen molar-refractivity contribution in [3.63, 3.8) is 0 Å². The molecule has 5 rings (SSSR count). The van der Waals surface area contributed by atoms with Crippen LogP contribution >= 0.6 is 0 Å². The van der Waals surface area contributed by atoms with Gasteiger partial charge in [0.25, 0.3) is 11.8 Å². The van der Waals surface area contributed by atoms with Gasteiger partial charge in [-0.25, -0.2) is 0 Å². The zero-order valence-electron chi connectivity index (χ0n) is 18.4. The lowest BCUT2D eigenvalue weighted by Crippen LogP contribution is -2.44. The molecule has 0 atom stereocenters. The summed E-state index contributed by atoms with van der Waals surface area (Å²) in [6, 6.07) is 17.7. The van der Waals surface area contributed by atoms with Crippen LogP contribution in [-0.4, -0.2) is 52.4 Å². The van der Waals surface area contributed by atoms with Crippen molar-refractivity contribution in [2.45, 2.75) is 19.3 Å². The maximum atomic E-state index is 13.3. The molecule has 2 aliphatic heterocycles. The Morgan fingerprint density at radius 3 is 2.28 bits per heavy atom. The molecule has 2 saturated heterocycles. The highest BCUT2D eigenvalue weighted by atomic mass is 16.2. The number of para-hydroxylation sites is 1. The third-order valence-electron chi connectivity index (χ3n) is 7.05. The summed E-state index contributed by atoms with van der Waals surface area (Å²) >= 11 is 0. The first-order valence-corrected chi connectivity index (χ1v) is 11.2. The van der Waals surface area contributed by atoms with Crippen LogP contribution in [0.25, 0.3) is 10.9 Å². The Morgan fingerprint density at radius 1 is 0.875 bits per heavy atom. The lowest BCUT2D eigenvalue weighted by atomic mass is 9.78. The predicted octanol–water partition coefficient (Wildman–Crippen LogP) is 3.68. The van der Waals surface area contributed by atoms with E-state index in [1.807, 2.05) is 82.2 Å². The van der Waals surface area contributed by atoms with Gasteiger partial charge in [-0.3, -0.25) is 9.59 Å². The summed E-state index contributed by atoms with van der Waals surface area (Å²) in [5, 5.41) is 1.01. The van der Waals surface area contributed by atoms with Crippen LogP contribution in [0.4, 0.5) is 0 Å². The molecule has 3 aromatic rings. The van der Waals surface area contributed by atoms with E-state index in [1.165, 1.54) is 0 Å². The van der Waals surface area contributed by atoms with Crippen LogP contribution in [0.1, 0.15) is 35.2 Å². The topological polar surface area (TPSA) is 45.6 Å². The lowest BCUT2D eigenvalue weighted by molar-refractivity contribution is -0.127. The number of aromatic nitrogens is 1. The largest absolute Gasteiger partial charge is 0.350 e. The number of amides is 2. The zero-order chi connectivity index (χ0) is 22.1. The first-order valence-electron chi connectivity index (χ1n) is 11.2. The van der Waals surface area contributed by atoms with Crippen LogP contribution in [0.15, 0.2) is 60.8 Å². The highest BCUT2D eigenvalue weighted by molar-refractivity contribution is 6.07. The Morgan fingerprint density at radius 2 is 1.53 bits per heavy atom. The predicted molar refractivity (Wildman–Crippen MR) is 125 cm³/mol. The normalized spacial score (nSPS) is 17.4. The molecular formula is C27H27N3O2. The second-order valence-electron chi connectivity index (χ2n) is 9.06. The maximum Gasteiger partial charge on any atom is 0.298 e. The van der Waals surface area contributed by atoms with Gasteiger partial charge in [0.2, 0.25) is 0 Å². The first-order chi connectivity index (χ1) is 15.5. The van der Waals surface area contributed by atoms with Crippen molar-refractivity contribution < 1.29 is 9.59 Å². The SMILES string of the molecule is Cn1cc(C(=O)N2CCC3(CCN(C(=O)C#Cc4ccccc4)CC3)C2)c2ccccc21. The van der Waals surface area contributed by atoms with Gasteiger partial charge in [-0.05, 0) is 42.9 Å². The van der Waals surface area contributed by atoms with Gasteiger partial charge >= 0.3 is 0 Å². The molecule has 5 heteroatoms. The van der Waals surface area contributed by atoms with E-state index in [4.69, 9.17) is 0 Å². The Bertz CT molecular complexity index is 1220. The van der Waals surface area contributed by atoms with Gasteiger partial charge in [0, 0.05) is 61.8 Å². The average molecular weight is 426 g/mol. The fourth-order valence-electron chi connectivity index (χ4n) is 5.11. The number of fused-ring (bicyclic) bond motifs is 1. The van der Waals surface area contributed by atoms with Crippen LogP contribution in [0, 0.1) is 17.3 Å². The number of carbonyl (C=O) groups is 2. The Hall–Kier alpha value is -3.52. The van der Waals surface area contributed by atoms with Crippen LogP contribution in [0.5, 0.6) is 0 Å². The summed E-state index contributed by atoms with van der Waals surface area (Å²) in [4.78, 5) is 29.7. The molecule has 1 spiro atoms. The minimum absolute atomic E-state index is 0.106. The van der Waals surface area contributed by atoms with Crippen molar-refractivity contribution in [1.29, 1.82) is 0 Å². The molecule has 2 aromatic carbocycles. The number of rotatable bonds is 1. The highest BCUT2D eigenvalue weighted by Gasteiger charge is 2.43. The summed E-state index contributed by atoms with van der Waals surface area (Å²) in [5.74, 6) is 5.76. The Labute approximate surface area is 188 Å². The average Bonchev–Trinajstić information content (AvgIpc) is 3.40. The molecule has 0 saturated carbocycles. The Balaban J connectivity index is 1.23. The molecule has 0 aliphatic carbocycles. The van der Waals surface area contributed by atoms with Gasteiger partial charge in [0.15, 0.2) is 0 Å². The highest BCUT2D eigenvalue weighted by Crippen LogP contribution is 2.41. The van der Waals surface area contributed by atoms with Crippen molar-refractivity contribution in [1.82, 2.24) is 14.4 Å². The molecule has 5 nitrogen and oxygen atoms in total. The van der Waals surface area contributed by atoms with E-state index in [-0.39, 0.29) is 17.2 Å². The lowest BCUT2D eigenvalue weighted by Gasteiger charge is -2.38. The molecule has 32 heavy (non-hydrogen) atoms. The van der Waals surface area contributed by atoms with Crippen molar-refractivity contribution in [2.24, 2.45) is 12.5 Å². The standard InChI is InChI=1S/C27H27N3O2/c1-28-19-23(22-9-5-6-10-24(22)28)26(32)30-18-15-27(20-30)13-16-29(17-14-27)25(31)12-11-21-7-3-2-4-8-21/h2-10,19H,13-18,20H2,1H3. The van der Waals surface area contributed by atoms with Gasteiger partial charge < -0.3 is 14.4 Å². The summed E-state index contributed by atoms with van der Waals surface area (Å²) in [6.07, 6.45) is 4.79. The number of piperidine rings is 1. The molecule has 0 N–H and O–H groups in total. The molecule has 2 fully saturated rings. The van der Waals surface area contributed by atoms with Gasteiger partial charge in [-0.1, -0.05) is 42.3 Å². The van der Waals surface area contributed by atoms with E-state index in [1.54, 1.807) is 0 Å². The maximum absolute atomic E-state index is 13.3. The molecule has 3 heterocycles. The minimum atomic E-state index is -0.106. The molecule has 1 aromatic heterocycles. The van der Waals surface area contributed by atoms with Crippen molar-refractivity contribution in [2.75, 3.05) is 26.2 Å². The molecule has 0 unspecified atom stereocenters. The number of hydrogen-bond donors (Lipinski definition) is 0. The number of aryl methyl sites for hydroxylation is 1. The number of likely N-dealkylation sites (tertiary alicyclic amines) is 2. The number of nitrogens with zero attached hydrogens (tertiary/aromatic N) is 3. The van der Waals surface area contributed by atoms with Crippen LogP contribution in [0.2, 0.25) is 0 Å². The van der Waals surface area contributed by atoms with E-state index >= 15 is 0 Å². The number of benzene rings is 2. The summed E-state index contributed by atoms with van der Waals surface area (Å²) in [6.45, 7) is 2.97. The van der Waals surface area contributed by atoms with Gasteiger partial charge in [-0.15, -0.1) is 0 Å². The van der Waals surface area contributed by atoms with Gasteiger partial charge in [0.05, 0.1) is 5.56 Å². The zero-order valence-corrected chi connectivity index (χ0v) is 18.4. The molecule has 0 bridgehead atoms. The molecule has 2 aliphatic rings. The molecule has 162 valence electrons. The second kappa shape index (κ2) is 8.20. The fourth-order valence-corrected chi connectivity index (χ4v) is 5.11. The molecular weight excluding hydrogens is 398 g/mol. The summed E-state index contributed by atoms with van der Waals surface area (Å²) in [7, 11) is 1.98. The van der Waals surface area contributed by atoms with E-state index < -0.39 is 0 Å². The van der Waals surface area contributed by atoms with E-state index in [0.717, 1.165) is 54.4 Å². The van der Waals surface area contributed by atoms with Crippen molar-refractivity contribution in [3.8, 4) is 11.8 Å². The van der Waals surface area contributed by atoms with E-state index in [9.17, 15) is 9.59 Å². The van der Waals surface area contributed by atoms with Crippen LogP contribution in [-0.2, 0) is 11.8 Å². The van der Waals surface area contributed by atoms with E-state index in [0.29, 0.717) is 13.1 Å². The fraction of sp³-hybridized carbons (Fsp3) is 0.333. The van der Waals surface area contributed by atoms with Crippen molar-refractivity contribution in [3.05, 3.63) is 71.9 Å². The van der Waals surface area contributed by atoms with Crippen molar-refractivity contribution >= 4 is 22.7 Å². The number of hydrogen-bond acceptors (Lipinski definition) is 2. The monoisotopic (exact) mass is 425 g/mol. The van der Waals surface area contributed by atoms with Crippen LogP contribution < -0.4 is 0 Å². The second-order valence-corrected chi connectivity index (χ2v) is 9.06. The smallest absolute Gasteiger partial charge is 0.298 e.